The lowest BCUT2D eigenvalue weighted by molar-refractivity contribution is -0.141. The Morgan fingerprint density at radius 2 is 1.96 bits per heavy atom. The third-order valence-electron chi connectivity index (χ3n) is 5.45. The summed E-state index contributed by atoms with van der Waals surface area (Å²) in [5, 5.41) is 0. The second-order valence-corrected chi connectivity index (χ2v) is 8.76. The van der Waals surface area contributed by atoms with E-state index in [2.05, 4.69) is 30.7 Å². The predicted octanol–water partition coefficient (Wildman–Crippen LogP) is 5.16. The SMILES string of the molecule is CC1(C)CC2CC(C)(CN2c2nc(-c3ccco3)cc(C(F)(F)F)n2)C1. The molecule has 140 valence electrons. The van der Waals surface area contributed by atoms with Crippen LogP contribution < -0.4 is 4.90 Å². The lowest BCUT2D eigenvalue weighted by Crippen LogP contribution is -2.35. The minimum Gasteiger partial charge on any atom is -0.463 e. The molecule has 0 aromatic carbocycles. The van der Waals surface area contributed by atoms with Gasteiger partial charge in [-0.2, -0.15) is 13.2 Å². The van der Waals surface area contributed by atoms with E-state index in [1.165, 1.54) is 6.26 Å². The number of aromatic nitrogens is 2. The topological polar surface area (TPSA) is 42.2 Å². The maximum absolute atomic E-state index is 13.4. The lowest BCUT2D eigenvalue weighted by atomic mass is 9.65. The molecule has 4 nitrogen and oxygen atoms in total. The quantitative estimate of drug-likeness (QED) is 0.737. The van der Waals surface area contributed by atoms with Crippen LogP contribution in [0.15, 0.2) is 28.9 Å². The van der Waals surface area contributed by atoms with Crippen LogP contribution in [0.3, 0.4) is 0 Å². The molecule has 2 atom stereocenters. The summed E-state index contributed by atoms with van der Waals surface area (Å²) in [5.74, 6) is 0.463. The highest BCUT2D eigenvalue weighted by atomic mass is 19.4. The zero-order chi connectivity index (χ0) is 18.7. The Labute approximate surface area is 150 Å². The Hall–Kier alpha value is -2.05. The van der Waals surface area contributed by atoms with E-state index >= 15 is 0 Å². The zero-order valence-electron chi connectivity index (χ0n) is 15.1. The van der Waals surface area contributed by atoms with Gasteiger partial charge < -0.3 is 9.32 Å². The summed E-state index contributed by atoms with van der Waals surface area (Å²) in [6.45, 7) is 7.34. The summed E-state index contributed by atoms with van der Waals surface area (Å²) >= 11 is 0. The fourth-order valence-corrected chi connectivity index (χ4v) is 4.95. The first kappa shape index (κ1) is 17.4. The van der Waals surface area contributed by atoms with Gasteiger partial charge in [0, 0.05) is 12.6 Å². The van der Waals surface area contributed by atoms with Gasteiger partial charge in [-0.1, -0.05) is 20.8 Å². The Bertz CT molecular complexity index is 816. The monoisotopic (exact) mass is 365 g/mol. The fraction of sp³-hybridized carbons (Fsp3) is 0.579. The normalized spacial score (nSPS) is 27.8. The average Bonchev–Trinajstić information content (AvgIpc) is 3.11. The minimum absolute atomic E-state index is 0.0782. The minimum atomic E-state index is -4.53. The molecular formula is C19H22F3N3O. The van der Waals surface area contributed by atoms with Gasteiger partial charge in [0.25, 0.3) is 0 Å². The molecule has 0 N–H and O–H groups in total. The maximum atomic E-state index is 13.4. The van der Waals surface area contributed by atoms with Crippen molar-refractivity contribution in [2.75, 3.05) is 11.4 Å². The molecule has 2 aliphatic rings. The van der Waals surface area contributed by atoms with Crippen LogP contribution in [0.4, 0.5) is 19.1 Å². The molecule has 2 aromatic rings. The van der Waals surface area contributed by atoms with E-state index in [1.54, 1.807) is 12.1 Å². The van der Waals surface area contributed by atoms with Gasteiger partial charge in [-0.3, -0.25) is 0 Å². The molecule has 0 amide bonds. The first-order chi connectivity index (χ1) is 12.0. The molecule has 3 heterocycles. The third-order valence-corrected chi connectivity index (χ3v) is 5.45. The number of hydrogen-bond donors (Lipinski definition) is 0. The smallest absolute Gasteiger partial charge is 0.433 e. The van der Waals surface area contributed by atoms with Gasteiger partial charge in [-0.15, -0.1) is 0 Å². The molecule has 0 spiro atoms. The van der Waals surface area contributed by atoms with Gasteiger partial charge >= 0.3 is 6.18 Å². The van der Waals surface area contributed by atoms with Gasteiger partial charge in [-0.05, 0) is 48.3 Å². The number of alkyl halides is 3. The molecule has 2 aromatic heterocycles. The number of anilines is 1. The Morgan fingerprint density at radius 3 is 2.62 bits per heavy atom. The fourth-order valence-electron chi connectivity index (χ4n) is 4.95. The molecule has 7 heteroatoms. The predicted molar refractivity (Wildman–Crippen MR) is 91.6 cm³/mol. The summed E-state index contributed by atoms with van der Waals surface area (Å²) in [7, 11) is 0. The van der Waals surface area contributed by atoms with Crippen molar-refractivity contribution >= 4 is 5.95 Å². The van der Waals surface area contributed by atoms with Crippen LogP contribution in [0.2, 0.25) is 0 Å². The standard InChI is InChI=1S/C19H22F3N3O/c1-17(2)8-12-9-18(3,10-17)11-25(12)16-23-13(14-5-4-6-26-14)7-15(24-16)19(20,21)22/h4-7,12H,8-11H2,1-3H3. The molecule has 0 radical (unpaired) electrons. The van der Waals surface area contributed by atoms with Crippen LogP contribution in [-0.4, -0.2) is 22.6 Å². The Balaban J connectivity index is 1.78. The zero-order valence-corrected chi connectivity index (χ0v) is 15.1. The van der Waals surface area contributed by atoms with E-state index < -0.39 is 11.9 Å². The first-order valence-corrected chi connectivity index (χ1v) is 8.82. The Morgan fingerprint density at radius 1 is 1.19 bits per heavy atom. The summed E-state index contributed by atoms with van der Waals surface area (Å²) in [4.78, 5) is 10.3. The summed E-state index contributed by atoms with van der Waals surface area (Å²) in [5.41, 5.74) is -0.523. The van der Waals surface area contributed by atoms with E-state index in [0.29, 0.717) is 12.3 Å². The number of halogens is 3. The van der Waals surface area contributed by atoms with Crippen LogP contribution in [0.1, 0.15) is 45.7 Å². The number of furan rings is 1. The van der Waals surface area contributed by atoms with Crippen LogP contribution >= 0.6 is 0 Å². The van der Waals surface area contributed by atoms with Crippen molar-refractivity contribution in [2.24, 2.45) is 10.8 Å². The van der Waals surface area contributed by atoms with E-state index in [9.17, 15) is 13.2 Å². The second-order valence-electron chi connectivity index (χ2n) is 8.76. The molecule has 2 bridgehead atoms. The van der Waals surface area contributed by atoms with Crippen LogP contribution in [0.5, 0.6) is 0 Å². The molecule has 2 fully saturated rings. The molecule has 1 saturated carbocycles. The highest BCUT2D eigenvalue weighted by Gasteiger charge is 2.50. The van der Waals surface area contributed by atoms with E-state index in [4.69, 9.17) is 4.42 Å². The first-order valence-electron chi connectivity index (χ1n) is 8.82. The number of nitrogens with zero attached hydrogens (tertiary/aromatic N) is 3. The molecule has 2 unspecified atom stereocenters. The molecule has 26 heavy (non-hydrogen) atoms. The number of hydrogen-bond acceptors (Lipinski definition) is 4. The van der Waals surface area contributed by atoms with Crippen LogP contribution in [0.25, 0.3) is 11.5 Å². The lowest BCUT2D eigenvalue weighted by Gasteiger charge is -2.39. The van der Waals surface area contributed by atoms with Gasteiger partial charge in [0.2, 0.25) is 5.95 Å². The van der Waals surface area contributed by atoms with Crippen molar-refractivity contribution in [3.05, 3.63) is 30.2 Å². The Kier molecular flexibility index (Phi) is 3.66. The second kappa shape index (κ2) is 5.47. The van der Waals surface area contributed by atoms with Gasteiger partial charge in [0.1, 0.15) is 5.69 Å². The number of rotatable bonds is 2. The van der Waals surface area contributed by atoms with Crippen molar-refractivity contribution in [3.63, 3.8) is 0 Å². The maximum Gasteiger partial charge on any atom is 0.433 e. The van der Waals surface area contributed by atoms with Gasteiger partial charge in [-0.25, -0.2) is 9.97 Å². The van der Waals surface area contributed by atoms with Crippen molar-refractivity contribution in [1.82, 2.24) is 9.97 Å². The van der Waals surface area contributed by atoms with Gasteiger partial charge in [0.15, 0.2) is 11.5 Å². The van der Waals surface area contributed by atoms with Crippen molar-refractivity contribution in [1.29, 1.82) is 0 Å². The summed E-state index contributed by atoms with van der Waals surface area (Å²) < 4.78 is 45.5. The molecular weight excluding hydrogens is 343 g/mol. The summed E-state index contributed by atoms with van der Waals surface area (Å²) in [6.07, 6.45) is -0.158. The van der Waals surface area contributed by atoms with E-state index in [0.717, 1.165) is 25.3 Å². The molecule has 1 saturated heterocycles. The molecule has 1 aliphatic carbocycles. The third kappa shape index (κ3) is 3.08. The number of fused-ring (bicyclic) bond motifs is 2. The molecule has 4 rings (SSSR count). The largest absolute Gasteiger partial charge is 0.463 e. The highest BCUT2D eigenvalue weighted by molar-refractivity contribution is 5.56. The van der Waals surface area contributed by atoms with E-state index in [-0.39, 0.29) is 28.5 Å². The van der Waals surface area contributed by atoms with Crippen LogP contribution in [-0.2, 0) is 6.18 Å². The van der Waals surface area contributed by atoms with Gasteiger partial charge in [0.05, 0.1) is 6.26 Å². The van der Waals surface area contributed by atoms with Crippen LogP contribution in [0, 0.1) is 10.8 Å². The highest BCUT2D eigenvalue weighted by Crippen LogP contribution is 2.53. The molecule has 1 aliphatic heterocycles. The van der Waals surface area contributed by atoms with E-state index in [1.807, 2.05) is 4.90 Å². The van der Waals surface area contributed by atoms with Crippen molar-refractivity contribution in [3.8, 4) is 11.5 Å². The average molecular weight is 365 g/mol. The van der Waals surface area contributed by atoms with Crippen molar-refractivity contribution < 1.29 is 17.6 Å². The summed E-state index contributed by atoms with van der Waals surface area (Å²) in [6, 6.07) is 4.36. The van der Waals surface area contributed by atoms with Crippen molar-refractivity contribution in [2.45, 2.75) is 52.3 Å².